The van der Waals surface area contributed by atoms with Crippen molar-refractivity contribution in [1.29, 1.82) is 0 Å². The summed E-state index contributed by atoms with van der Waals surface area (Å²) in [6.45, 7) is 2.88. The van der Waals surface area contributed by atoms with Crippen molar-refractivity contribution in [3.63, 3.8) is 0 Å². The number of rotatable bonds is 4. The molecule has 0 saturated carbocycles. The van der Waals surface area contributed by atoms with Crippen LogP contribution in [0.3, 0.4) is 0 Å². The van der Waals surface area contributed by atoms with E-state index in [2.05, 4.69) is 5.32 Å². The minimum atomic E-state index is -0.462. The second-order valence-electron chi connectivity index (χ2n) is 5.76. The van der Waals surface area contributed by atoms with Gasteiger partial charge in [-0.25, -0.2) is 4.39 Å². The lowest BCUT2D eigenvalue weighted by molar-refractivity contribution is -0.128. The maximum atomic E-state index is 13.0. The van der Waals surface area contributed by atoms with E-state index in [9.17, 15) is 14.0 Å². The molecule has 1 fully saturated rings. The second kappa shape index (κ2) is 6.86. The number of amides is 2. The van der Waals surface area contributed by atoms with Crippen LogP contribution in [-0.4, -0.2) is 35.8 Å². The zero-order chi connectivity index (χ0) is 17.1. The van der Waals surface area contributed by atoms with Gasteiger partial charge in [-0.1, -0.05) is 13.3 Å². The van der Waals surface area contributed by atoms with Crippen molar-refractivity contribution < 1.29 is 18.4 Å². The van der Waals surface area contributed by atoms with Gasteiger partial charge in [-0.05, 0) is 42.8 Å². The van der Waals surface area contributed by atoms with E-state index in [1.165, 1.54) is 12.1 Å². The molecule has 1 atom stereocenters. The number of benzene rings is 1. The molecule has 126 valence electrons. The Kier molecular flexibility index (Phi) is 4.64. The normalized spacial score (nSPS) is 17.7. The highest BCUT2D eigenvalue weighted by molar-refractivity contribution is 5.96. The van der Waals surface area contributed by atoms with Gasteiger partial charge in [0.2, 0.25) is 5.91 Å². The molecule has 24 heavy (non-hydrogen) atoms. The first-order valence-corrected chi connectivity index (χ1v) is 8.04. The van der Waals surface area contributed by atoms with Crippen LogP contribution in [0.1, 0.15) is 30.3 Å². The first kappa shape index (κ1) is 16.2. The van der Waals surface area contributed by atoms with E-state index in [0.717, 1.165) is 6.42 Å². The lowest BCUT2D eigenvalue weighted by Gasteiger charge is -2.34. The number of carbonyl (C=O) groups is 2. The smallest absolute Gasteiger partial charge is 0.290 e. The number of carbonyl (C=O) groups excluding carboxylic acids is 2. The summed E-state index contributed by atoms with van der Waals surface area (Å²) in [5.74, 6) is -0.0706. The van der Waals surface area contributed by atoms with Crippen molar-refractivity contribution in [1.82, 2.24) is 10.2 Å². The first-order chi connectivity index (χ1) is 11.6. The number of halogens is 1. The summed E-state index contributed by atoms with van der Waals surface area (Å²) in [5, 5.41) is 2.79. The molecule has 3 rings (SSSR count). The van der Waals surface area contributed by atoms with Crippen LogP contribution in [-0.2, 0) is 4.79 Å². The maximum Gasteiger partial charge on any atom is 0.290 e. The van der Waals surface area contributed by atoms with Crippen LogP contribution in [0.25, 0.3) is 11.3 Å². The third-order valence-electron chi connectivity index (χ3n) is 4.10. The predicted molar refractivity (Wildman–Crippen MR) is 86.8 cm³/mol. The molecular formula is C18H19FN2O3. The van der Waals surface area contributed by atoms with Gasteiger partial charge in [0.1, 0.15) is 17.6 Å². The molecule has 1 aromatic heterocycles. The minimum absolute atomic E-state index is 0.123. The molecule has 0 bridgehead atoms. The second-order valence-corrected chi connectivity index (χ2v) is 5.76. The Hall–Kier alpha value is -2.63. The molecule has 0 radical (unpaired) electrons. The molecule has 1 aliphatic heterocycles. The average Bonchev–Trinajstić information content (AvgIpc) is 3.07. The summed E-state index contributed by atoms with van der Waals surface area (Å²) in [6.07, 6.45) is 1.42. The summed E-state index contributed by atoms with van der Waals surface area (Å²) in [5.41, 5.74) is 0.692. The summed E-state index contributed by atoms with van der Waals surface area (Å²) in [7, 11) is 0. The van der Waals surface area contributed by atoms with Crippen molar-refractivity contribution in [2.75, 3.05) is 13.1 Å². The molecule has 6 heteroatoms. The Balaban J connectivity index is 1.82. The fourth-order valence-corrected chi connectivity index (χ4v) is 2.88. The molecule has 0 aliphatic carbocycles. The molecule has 0 unspecified atom stereocenters. The molecule has 0 spiro atoms. The summed E-state index contributed by atoms with van der Waals surface area (Å²) >= 11 is 0. The summed E-state index contributed by atoms with van der Waals surface area (Å²) in [6, 6.07) is 8.68. The van der Waals surface area contributed by atoms with Gasteiger partial charge < -0.3 is 14.6 Å². The van der Waals surface area contributed by atoms with Crippen LogP contribution in [0, 0.1) is 5.82 Å². The van der Waals surface area contributed by atoms with Crippen LogP contribution in [0.2, 0.25) is 0 Å². The molecule has 5 nitrogen and oxygen atoms in total. The number of furan rings is 1. The standard InChI is InChI=1S/C18H19FN2O3/c1-2-3-14-17(22)20-10-11-21(14)18(23)16-9-8-15(24-16)12-4-6-13(19)7-5-12/h4-9,14H,2-3,10-11H2,1H3,(H,20,22)/t14-/m1/s1. The Morgan fingerprint density at radius 2 is 2.04 bits per heavy atom. The van der Waals surface area contributed by atoms with E-state index >= 15 is 0 Å². The Labute approximate surface area is 139 Å². The molecule has 1 aliphatic rings. The van der Waals surface area contributed by atoms with Gasteiger partial charge in [0.25, 0.3) is 5.91 Å². The minimum Gasteiger partial charge on any atom is -0.451 e. The van der Waals surface area contributed by atoms with Gasteiger partial charge in [0, 0.05) is 18.7 Å². The number of nitrogens with zero attached hydrogens (tertiary/aromatic N) is 1. The van der Waals surface area contributed by atoms with E-state index in [-0.39, 0.29) is 23.4 Å². The summed E-state index contributed by atoms with van der Waals surface area (Å²) < 4.78 is 18.6. The fourth-order valence-electron chi connectivity index (χ4n) is 2.88. The van der Waals surface area contributed by atoms with Crippen molar-refractivity contribution in [3.05, 3.63) is 48.0 Å². The number of hydrogen-bond donors (Lipinski definition) is 1. The van der Waals surface area contributed by atoms with E-state index in [1.54, 1.807) is 29.2 Å². The van der Waals surface area contributed by atoms with Gasteiger partial charge in [-0.15, -0.1) is 0 Å². The highest BCUT2D eigenvalue weighted by atomic mass is 19.1. The van der Waals surface area contributed by atoms with E-state index in [1.807, 2.05) is 6.92 Å². The molecule has 2 heterocycles. The zero-order valence-electron chi connectivity index (χ0n) is 13.4. The molecule has 2 aromatic rings. The van der Waals surface area contributed by atoms with Gasteiger partial charge in [0.05, 0.1) is 0 Å². The van der Waals surface area contributed by atoms with Crippen LogP contribution < -0.4 is 5.32 Å². The van der Waals surface area contributed by atoms with E-state index in [0.29, 0.717) is 30.8 Å². The van der Waals surface area contributed by atoms with E-state index < -0.39 is 6.04 Å². The Morgan fingerprint density at radius 1 is 1.29 bits per heavy atom. The van der Waals surface area contributed by atoms with Gasteiger partial charge in [-0.2, -0.15) is 0 Å². The van der Waals surface area contributed by atoms with Crippen LogP contribution in [0.5, 0.6) is 0 Å². The predicted octanol–water partition coefficient (Wildman–Crippen LogP) is 2.83. The SMILES string of the molecule is CCC[C@@H]1C(=O)NCCN1C(=O)c1ccc(-c2ccc(F)cc2)o1. The van der Waals surface area contributed by atoms with Crippen molar-refractivity contribution >= 4 is 11.8 Å². The molecule has 1 saturated heterocycles. The lowest BCUT2D eigenvalue weighted by atomic mass is 10.1. The largest absolute Gasteiger partial charge is 0.451 e. The van der Waals surface area contributed by atoms with Crippen molar-refractivity contribution in [3.8, 4) is 11.3 Å². The Bertz CT molecular complexity index is 739. The van der Waals surface area contributed by atoms with E-state index in [4.69, 9.17) is 4.42 Å². The van der Waals surface area contributed by atoms with Crippen LogP contribution in [0.4, 0.5) is 4.39 Å². The quantitative estimate of drug-likeness (QED) is 0.937. The molecule has 2 amide bonds. The average molecular weight is 330 g/mol. The summed E-state index contributed by atoms with van der Waals surface area (Å²) in [4.78, 5) is 26.3. The third-order valence-corrected chi connectivity index (χ3v) is 4.10. The molecular weight excluding hydrogens is 311 g/mol. The first-order valence-electron chi connectivity index (χ1n) is 8.04. The van der Waals surface area contributed by atoms with Crippen molar-refractivity contribution in [2.24, 2.45) is 0 Å². The van der Waals surface area contributed by atoms with Crippen molar-refractivity contribution in [2.45, 2.75) is 25.8 Å². The van der Waals surface area contributed by atoms with Crippen LogP contribution in [0.15, 0.2) is 40.8 Å². The molecule has 1 N–H and O–H groups in total. The highest BCUT2D eigenvalue weighted by Crippen LogP contribution is 2.24. The van der Waals surface area contributed by atoms with Gasteiger partial charge in [0.15, 0.2) is 5.76 Å². The van der Waals surface area contributed by atoms with Gasteiger partial charge >= 0.3 is 0 Å². The number of nitrogens with one attached hydrogen (secondary N) is 1. The topological polar surface area (TPSA) is 62.6 Å². The fraction of sp³-hybridized carbons (Fsp3) is 0.333. The molecule has 1 aromatic carbocycles. The lowest BCUT2D eigenvalue weighted by Crippen LogP contribution is -2.57. The zero-order valence-corrected chi connectivity index (χ0v) is 13.4. The maximum absolute atomic E-state index is 13.0. The number of piperazine rings is 1. The van der Waals surface area contributed by atoms with Crippen LogP contribution >= 0.6 is 0 Å². The monoisotopic (exact) mass is 330 g/mol. The van der Waals surface area contributed by atoms with Gasteiger partial charge in [-0.3, -0.25) is 9.59 Å². The third kappa shape index (κ3) is 3.18. The number of hydrogen-bond acceptors (Lipinski definition) is 3. The highest BCUT2D eigenvalue weighted by Gasteiger charge is 2.34. The Morgan fingerprint density at radius 3 is 2.75 bits per heavy atom.